The summed E-state index contributed by atoms with van der Waals surface area (Å²) in [6.07, 6.45) is 6.05. The molecule has 0 atom stereocenters. The van der Waals surface area contributed by atoms with Crippen LogP contribution in [0.5, 0.6) is 0 Å². The molecule has 0 unspecified atom stereocenters. The average Bonchev–Trinajstić information content (AvgIpc) is 2.39. The van der Waals surface area contributed by atoms with Crippen molar-refractivity contribution in [1.29, 1.82) is 0 Å². The standard InChI is InChI=1S/2C9H19N2.Cu/c2*1-6-11(9(4)5)7-10-8(2)3;/h2*8-9H,6H2,1-5H3;/q2*-1;+2. The summed E-state index contributed by atoms with van der Waals surface area (Å²) in [6.45, 7) is 23.0. The minimum Gasteiger partial charge on any atom is -0.536 e. The van der Waals surface area contributed by atoms with Crippen LogP contribution in [0.15, 0.2) is 9.98 Å². The molecular weight excluding hydrogens is 336 g/mol. The number of rotatable bonds is 8. The number of hydrogen-bond acceptors (Lipinski definition) is 2. The van der Waals surface area contributed by atoms with Gasteiger partial charge in [-0.25, -0.2) is 0 Å². The van der Waals surface area contributed by atoms with Crippen molar-refractivity contribution in [2.75, 3.05) is 13.1 Å². The maximum atomic E-state index is 4.19. The predicted molar refractivity (Wildman–Crippen MR) is 100 cm³/mol. The van der Waals surface area contributed by atoms with Gasteiger partial charge in [-0.2, -0.15) is 0 Å². The van der Waals surface area contributed by atoms with E-state index in [0.717, 1.165) is 13.1 Å². The molecule has 0 aliphatic heterocycles. The van der Waals surface area contributed by atoms with Gasteiger partial charge in [0.1, 0.15) is 0 Å². The summed E-state index contributed by atoms with van der Waals surface area (Å²) in [5, 5.41) is 0. The van der Waals surface area contributed by atoms with Crippen molar-refractivity contribution >= 4 is 12.7 Å². The Bertz CT molecular complexity index is 269. The van der Waals surface area contributed by atoms with Gasteiger partial charge in [0.05, 0.1) is 0 Å². The maximum Gasteiger partial charge on any atom is 2.00 e. The second kappa shape index (κ2) is 16.3. The number of aliphatic imine (C=N–C) groups is 2. The summed E-state index contributed by atoms with van der Waals surface area (Å²) >= 11 is 0. The molecule has 0 aliphatic rings. The van der Waals surface area contributed by atoms with E-state index in [2.05, 4.69) is 102 Å². The molecule has 0 bridgehead atoms. The van der Waals surface area contributed by atoms with Crippen molar-refractivity contribution in [2.45, 2.75) is 93.4 Å². The van der Waals surface area contributed by atoms with Gasteiger partial charge in [0, 0.05) is 12.1 Å². The van der Waals surface area contributed by atoms with E-state index in [0.29, 0.717) is 24.2 Å². The molecule has 0 rings (SSSR count). The van der Waals surface area contributed by atoms with E-state index in [1.165, 1.54) is 0 Å². The van der Waals surface area contributed by atoms with E-state index in [-0.39, 0.29) is 17.1 Å². The van der Waals surface area contributed by atoms with E-state index in [1.807, 2.05) is 0 Å². The van der Waals surface area contributed by atoms with Crippen LogP contribution in [0.1, 0.15) is 69.2 Å². The molecule has 0 aromatic rings. The van der Waals surface area contributed by atoms with E-state index >= 15 is 0 Å². The Labute approximate surface area is 156 Å². The molecule has 23 heavy (non-hydrogen) atoms. The number of nitrogens with zero attached hydrogens (tertiary/aromatic N) is 4. The summed E-state index contributed by atoms with van der Waals surface area (Å²) in [4.78, 5) is 12.6. The van der Waals surface area contributed by atoms with Gasteiger partial charge < -0.3 is 19.8 Å². The molecule has 0 spiro atoms. The SMILES string of the molecule is CCN([C-]=NC(C)C)C(C)C.CCN([C-]=NC(C)C)C(C)C.[Cu+2]. The second-order valence-corrected chi connectivity index (χ2v) is 6.41. The van der Waals surface area contributed by atoms with Crippen LogP contribution < -0.4 is 0 Å². The van der Waals surface area contributed by atoms with Gasteiger partial charge in [-0.3, -0.25) is 12.7 Å². The van der Waals surface area contributed by atoms with Crippen LogP contribution in [0.4, 0.5) is 0 Å². The quantitative estimate of drug-likeness (QED) is 0.211. The van der Waals surface area contributed by atoms with Crippen LogP contribution in [0.3, 0.4) is 0 Å². The van der Waals surface area contributed by atoms with Gasteiger partial charge in [0.2, 0.25) is 0 Å². The molecular formula is C18H38CuN4. The zero-order chi connectivity index (χ0) is 17.7. The zero-order valence-corrected chi connectivity index (χ0v) is 17.8. The molecule has 5 heteroatoms. The van der Waals surface area contributed by atoms with Crippen molar-refractivity contribution in [2.24, 2.45) is 9.98 Å². The summed E-state index contributed by atoms with van der Waals surface area (Å²) in [6, 6.07) is 1.70. The normalized spacial score (nSPS) is 11.4. The Morgan fingerprint density at radius 2 is 0.913 bits per heavy atom. The minimum absolute atomic E-state index is 0. The fourth-order valence-corrected chi connectivity index (χ4v) is 1.48. The van der Waals surface area contributed by atoms with Gasteiger partial charge in [-0.1, -0.05) is 13.8 Å². The van der Waals surface area contributed by atoms with Crippen molar-refractivity contribution in [1.82, 2.24) is 9.80 Å². The maximum absolute atomic E-state index is 4.19. The zero-order valence-electron chi connectivity index (χ0n) is 16.8. The Hall–Kier alpha value is -0.541. The van der Waals surface area contributed by atoms with Crippen molar-refractivity contribution in [3.8, 4) is 0 Å². The molecule has 0 aromatic carbocycles. The smallest absolute Gasteiger partial charge is 0.536 e. The molecule has 0 saturated heterocycles. The largest absolute Gasteiger partial charge is 2.00 e. The second-order valence-electron chi connectivity index (χ2n) is 6.41. The van der Waals surface area contributed by atoms with Crippen molar-refractivity contribution in [3.63, 3.8) is 0 Å². The van der Waals surface area contributed by atoms with Gasteiger partial charge >= 0.3 is 17.1 Å². The molecule has 0 amide bonds. The minimum atomic E-state index is 0. The molecule has 141 valence electrons. The molecule has 0 heterocycles. The third-order valence-electron chi connectivity index (χ3n) is 2.82. The summed E-state index contributed by atoms with van der Waals surface area (Å²) < 4.78 is 0. The Balaban J connectivity index is -0.000000333. The first-order valence-corrected chi connectivity index (χ1v) is 8.59. The molecule has 0 saturated carbocycles. The Morgan fingerprint density at radius 3 is 1.04 bits per heavy atom. The predicted octanol–water partition coefficient (Wildman–Crippen LogP) is 4.06. The van der Waals surface area contributed by atoms with Gasteiger partial charge in [0.25, 0.3) is 0 Å². The third kappa shape index (κ3) is 17.6. The molecule has 4 nitrogen and oxygen atoms in total. The topological polar surface area (TPSA) is 31.2 Å². The fraction of sp³-hybridized carbons (Fsp3) is 0.889. The van der Waals surface area contributed by atoms with E-state index < -0.39 is 0 Å². The molecule has 0 N–H and O–H groups in total. The van der Waals surface area contributed by atoms with Crippen LogP contribution >= 0.6 is 0 Å². The first-order chi connectivity index (χ1) is 10.1. The van der Waals surface area contributed by atoms with Crippen molar-refractivity contribution in [3.05, 3.63) is 0 Å². The molecule has 0 aliphatic carbocycles. The van der Waals surface area contributed by atoms with Gasteiger partial charge in [0.15, 0.2) is 0 Å². The van der Waals surface area contributed by atoms with Crippen LogP contribution in [0.25, 0.3) is 0 Å². The monoisotopic (exact) mass is 373 g/mol. The Morgan fingerprint density at radius 1 is 0.652 bits per heavy atom. The van der Waals surface area contributed by atoms with E-state index in [4.69, 9.17) is 0 Å². The molecule has 0 fully saturated rings. The van der Waals surface area contributed by atoms with E-state index in [9.17, 15) is 0 Å². The summed E-state index contributed by atoms with van der Waals surface area (Å²) in [7, 11) is 0. The van der Waals surface area contributed by atoms with Gasteiger partial charge in [-0.05, 0) is 80.6 Å². The first kappa shape index (κ1) is 27.3. The summed E-state index contributed by atoms with van der Waals surface area (Å²) in [5.41, 5.74) is 0. The summed E-state index contributed by atoms with van der Waals surface area (Å²) in [5.74, 6) is 0. The van der Waals surface area contributed by atoms with Crippen molar-refractivity contribution < 1.29 is 17.1 Å². The average molecular weight is 374 g/mol. The number of hydrogen-bond donors (Lipinski definition) is 0. The van der Waals surface area contributed by atoms with Crippen LogP contribution in [-0.2, 0) is 17.1 Å². The van der Waals surface area contributed by atoms with Gasteiger partial charge in [-0.15, -0.1) is 0 Å². The molecule has 1 radical (unpaired) electrons. The first-order valence-electron chi connectivity index (χ1n) is 8.59. The molecule has 0 aromatic heterocycles. The van der Waals surface area contributed by atoms with Crippen LogP contribution in [0.2, 0.25) is 0 Å². The van der Waals surface area contributed by atoms with Crippen LogP contribution in [-0.4, -0.2) is 59.7 Å². The Kier molecular flexibility index (Phi) is 19.4. The third-order valence-corrected chi connectivity index (χ3v) is 2.82. The van der Waals surface area contributed by atoms with Crippen LogP contribution in [0, 0.1) is 0 Å². The van der Waals surface area contributed by atoms with E-state index in [1.54, 1.807) is 0 Å². The fourth-order valence-electron chi connectivity index (χ4n) is 1.48.